The molecule has 0 aromatic carbocycles. The van der Waals surface area contributed by atoms with E-state index in [-0.39, 0.29) is 18.6 Å². The maximum Gasteiger partial charge on any atom is 0.246 e. The van der Waals surface area contributed by atoms with Crippen LogP contribution >= 0.6 is 21.6 Å². The van der Waals surface area contributed by atoms with Crippen LogP contribution in [0.2, 0.25) is 0 Å². The summed E-state index contributed by atoms with van der Waals surface area (Å²) in [6, 6.07) is 0. The van der Waals surface area contributed by atoms with Crippen LogP contribution < -0.4 is 33.2 Å². The Balaban J connectivity index is 3.88. The molecule has 10 heteroatoms. The minimum absolute atomic E-state index is 0.00149. The second-order valence-electron chi connectivity index (χ2n) is 5.74. The minimum atomic E-state index is -0.0718. The van der Waals surface area contributed by atoms with E-state index >= 15 is 0 Å². The van der Waals surface area contributed by atoms with E-state index in [4.69, 9.17) is 21.9 Å². The lowest BCUT2D eigenvalue weighted by Crippen LogP contribution is -2.37. The summed E-state index contributed by atoms with van der Waals surface area (Å²) in [5.74, 6) is 1.73. The summed E-state index contributed by atoms with van der Waals surface area (Å²) in [6.07, 6.45) is 2.74. The van der Waals surface area contributed by atoms with Crippen LogP contribution in [0.3, 0.4) is 0 Å². The van der Waals surface area contributed by atoms with Gasteiger partial charge in [0, 0.05) is 31.1 Å². The third-order valence-electron chi connectivity index (χ3n) is 3.37. The van der Waals surface area contributed by atoms with Gasteiger partial charge in [0.1, 0.15) is 6.61 Å². The summed E-state index contributed by atoms with van der Waals surface area (Å²) in [4.78, 5) is 11.9. The predicted molar refractivity (Wildman–Crippen MR) is 114 cm³/mol. The first-order valence-corrected chi connectivity index (χ1v) is 11.9. The summed E-state index contributed by atoms with van der Waals surface area (Å²) in [5, 5.41) is 9.56. The zero-order chi connectivity index (χ0) is 19.3. The second-order valence-corrected chi connectivity index (χ2v) is 8.44. The van der Waals surface area contributed by atoms with Crippen molar-refractivity contribution in [1.29, 1.82) is 0 Å². The van der Waals surface area contributed by atoms with E-state index in [1.165, 1.54) is 0 Å². The van der Waals surface area contributed by atoms with Crippen molar-refractivity contribution in [1.82, 2.24) is 16.0 Å². The highest BCUT2D eigenvalue weighted by Gasteiger charge is 2.11. The minimum Gasteiger partial charge on any atom is -0.367 e. The molecule has 8 nitrogen and oxygen atoms in total. The lowest BCUT2D eigenvalue weighted by atomic mass is 10.2. The first-order chi connectivity index (χ1) is 12.7. The zero-order valence-electron chi connectivity index (χ0n) is 15.8. The number of ether oxygens (including phenoxy) is 1. The Kier molecular flexibility index (Phi) is 21.2. The highest BCUT2D eigenvalue weighted by Crippen LogP contribution is 2.18. The third kappa shape index (κ3) is 18.7. The van der Waals surface area contributed by atoms with Gasteiger partial charge in [0.2, 0.25) is 5.91 Å². The van der Waals surface area contributed by atoms with Gasteiger partial charge in [0.15, 0.2) is 0 Å². The molecule has 0 aliphatic heterocycles. The molecule has 0 saturated heterocycles. The summed E-state index contributed by atoms with van der Waals surface area (Å²) in [7, 11) is 3.45. The Morgan fingerprint density at radius 2 is 1.58 bits per heavy atom. The Labute approximate surface area is 166 Å². The molecule has 0 aromatic rings. The summed E-state index contributed by atoms with van der Waals surface area (Å²) >= 11 is 0. The van der Waals surface area contributed by atoms with Crippen LogP contribution in [0, 0.1) is 0 Å². The summed E-state index contributed by atoms with van der Waals surface area (Å²) in [5.41, 5.74) is 16.4. The van der Waals surface area contributed by atoms with Gasteiger partial charge < -0.3 is 37.9 Å². The van der Waals surface area contributed by atoms with Gasteiger partial charge >= 0.3 is 0 Å². The molecule has 1 atom stereocenters. The number of hydrogen-bond acceptors (Lipinski definition) is 9. The SMILES string of the molecule is NCCCNCCC(CNCCCN)OCC(=O)NCCSSCCN. The zero-order valence-corrected chi connectivity index (χ0v) is 17.5. The largest absolute Gasteiger partial charge is 0.367 e. The normalized spacial score (nSPS) is 12.3. The number of hydrogen-bond donors (Lipinski definition) is 6. The smallest absolute Gasteiger partial charge is 0.246 e. The van der Waals surface area contributed by atoms with Crippen molar-refractivity contribution < 1.29 is 9.53 Å². The molecule has 0 heterocycles. The van der Waals surface area contributed by atoms with Crippen molar-refractivity contribution in [3.8, 4) is 0 Å². The third-order valence-corrected chi connectivity index (χ3v) is 5.81. The number of amides is 1. The average molecular weight is 411 g/mol. The lowest BCUT2D eigenvalue weighted by molar-refractivity contribution is -0.127. The molecule has 1 unspecified atom stereocenters. The Morgan fingerprint density at radius 3 is 2.27 bits per heavy atom. The van der Waals surface area contributed by atoms with Crippen molar-refractivity contribution in [2.45, 2.75) is 25.4 Å². The van der Waals surface area contributed by atoms with Crippen LogP contribution in [-0.4, -0.2) is 82.5 Å². The molecule has 0 rings (SSSR count). The van der Waals surface area contributed by atoms with E-state index in [9.17, 15) is 4.79 Å². The molecule has 156 valence electrons. The van der Waals surface area contributed by atoms with E-state index in [1.54, 1.807) is 21.6 Å². The van der Waals surface area contributed by atoms with Gasteiger partial charge in [0.05, 0.1) is 6.10 Å². The molecular weight excluding hydrogens is 372 g/mol. The van der Waals surface area contributed by atoms with Crippen molar-refractivity contribution in [2.75, 3.05) is 70.5 Å². The molecule has 0 fully saturated rings. The molecule has 0 radical (unpaired) electrons. The molecule has 0 aromatic heterocycles. The van der Waals surface area contributed by atoms with Crippen LogP contribution in [0.15, 0.2) is 0 Å². The van der Waals surface area contributed by atoms with Crippen LogP contribution in [0.25, 0.3) is 0 Å². The molecule has 9 N–H and O–H groups in total. The molecule has 26 heavy (non-hydrogen) atoms. The molecule has 1 amide bonds. The maximum absolute atomic E-state index is 11.9. The number of nitrogens with two attached hydrogens (primary N) is 3. The highest BCUT2D eigenvalue weighted by molar-refractivity contribution is 8.76. The average Bonchev–Trinajstić information content (AvgIpc) is 2.65. The lowest BCUT2D eigenvalue weighted by Gasteiger charge is -2.19. The Bertz CT molecular complexity index is 316. The number of carbonyl (C=O) groups excluding carboxylic acids is 1. The van der Waals surface area contributed by atoms with E-state index in [2.05, 4.69) is 16.0 Å². The van der Waals surface area contributed by atoms with Gasteiger partial charge in [-0.05, 0) is 52.0 Å². The first-order valence-electron chi connectivity index (χ1n) is 9.39. The fraction of sp³-hybridized carbons (Fsp3) is 0.938. The fourth-order valence-electron chi connectivity index (χ4n) is 1.99. The van der Waals surface area contributed by atoms with Gasteiger partial charge in [0.25, 0.3) is 0 Å². The van der Waals surface area contributed by atoms with Gasteiger partial charge in [-0.3, -0.25) is 4.79 Å². The van der Waals surface area contributed by atoms with Crippen molar-refractivity contribution >= 4 is 27.5 Å². The second kappa shape index (κ2) is 21.2. The van der Waals surface area contributed by atoms with E-state index < -0.39 is 0 Å². The maximum atomic E-state index is 11.9. The highest BCUT2D eigenvalue weighted by atomic mass is 33.1. The monoisotopic (exact) mass is 410 g/mol. The summed E-state index contributed by atoms with van der Waals surface area (Å²) in [6.45, 7) is 6.11. The Hall–Kier alpha value is -0.0700. The summed E-state index contributed by atoms with van der Waals surface area (Å²) < 4.78 is 5.79. The molecule has 0 bridgehead atoms. The van der Waals surface area contributed by atoms with E-state index in [1.807, 2.05) is 0 Å². The van der Waals surface area contributed by atoms with E-state index in [0.717, 1.165) is 56.9 Å². The Morgan fingerprint density at radius 1 is 0.885 bits per heavy atom. The fourth-order valence-corrected chi connectivity index (χ4v) is 3.76. The number of carbonyl (C=O) groups is 1. The van der Waals surface area contributed by atoms with Crippen LogP contribution in [-0.2, 0) is 9.53 Å². The van der Waals surface area contributed by atoms with Crippen LogP contribution in [0.4, 0.5) is 0 Å². The molecule has 0 aliphatic rings. The quantitative estimate of drug-likeness (QED) is 0.111. The van der Waals surface area contributed by atoms with Crippen molar-refractivity contribution in [2.24, 2.45) is 17.2 Å². The first kappa shape index (κ1) is 25.9. The number of nitrogens with one attached hydrogen (secondary N) is 3. The van der Waals surface area contributed by atoms with Gasteiger partial charge in [-0.15, -0.1) is 0 Å². The topological polar surface area (TPSA) is 140 Å². The van der Waals surface area contributed by atoms with Crippen LogP contribution in [0.5, 0.6) is 0 Å². The van der Waals surface area contributed by atoms with Gasteiger partial charge in [-0.25, -0.2) is 0 Å². The van der Waals surface area contributed by atoms with E-state index in [0.29, 0.717) is 26.2 Å². The van der Waals surface area contributed by atoms with Crippen LogP contribution in [0.1, 0.15) is 19.3 Å². The molecule has 0 spiro atoms. The number of rotatable bonds is 20. The van der Waals surface area contributed by atoms with Gasteiger partial charge in [-0.1, -0.05) is 21.6 Å². The molecule has 0 saturated carbocycles. The van der Waals surface area contributed by atoms with Crippen molar-refractivity contribution in [3.05, 3.63) is 0 Å². The molecule has 0 aliphatic carbocycles. The standard InChI is InChI=1S/C16H38N6O2S2/c17-4-1-7-20-9-3-15(13-21-8-2-5-18)24-14-16(23)22-10-12-26-25-11-6-19/h15,20-21H,1-14,17-19H2,(H,22,23). The van der Waals surface area contributed by atoms with Crippen molar-refractivity contribution in [3.63, 3.8) is 0 Å². The molecular formula is C16H38N6O2S2. The predicted octanol–water partition coefficient (Wildman–Crippen LogP) is -0.905. The van der Waals surface area contributed by atoms with Gasteiger partial charge in [-0.2, -0.15) is 0 Å².